The quantitative estimate of drug-likeness (QED) is 0.497. The van der Waals surface area contributed by atoms with Gasteiger partial charge in [0, 0.05) is 23.7 Å². The molecule has 0 atom stereocenters. The van der Waals surface area contributed by atoms with Crippen molar-refractivity contribution in [2.75, 3.05) is 14.2 Å². The molecular weight excluding hydrogens is 334 g/mol. The maximum absolute atomic E-state index is 11.2. The van der Waals surface area contributed by atoms with Gasteiger partial charge in [-0.3, -0.25) is 10.1 Å². The molecule has 0 aliphatic heterocycles. The fourth-order valence-electron chi connectivity index (χ4n) is 2.61. The van der Waals surface area contributed by atoms with E-state index >= 15 is 0 Å². The van der Waals surface area contributed by atoms with E-state index in [0.29, 0.717) is 6.42 Å². The number of methoxy groups -OCH3 is 2. The van der Waals surface area contributed by atoms with Crippen LogP contribution in [0, 0.1) is 10.1 Å². The van der Waals surface area contributed by atoms with E-state index in [1.54, 1.807) is 19.2 Å². The highest BCUT2D eigenvalue weighted by Gasteiger charge is 2.15. The Hall–Kier alpha value is -3.48. The van der Waals surface area contributed by atoms with Crippen LogP contribution in [0.25, 0.3) is 11.3 Å². The van der Waals surface area contributed by atoms with Gasteiger partial charge in [0.1, 0.15) is 12.1 Å². The van der Waals surface area contributed by atoms with Gasteiger partial charge in [-0.2, -0.15) is 0 Å². The summed E-state index contributed by atoms with van der Waals surface area (Å²) >= 11 is 0. The van der Waals surface area contributed by atoms with Crippen molar-refractivity contribution in [3.63, 3.8) is 0 Å². The SMILES string of the molecule is COc1ccc(-c2cc(Cc3ccc(OC)c([N+](=O)[O-])c3)ncn2)cc1. The maximum Gasteiger partial charge on any atom is 0.311 e. The fourth-order valence-corrected chi connectivity index (χ4v) is 2.61. The lowest BCUT2D eigenvalue weighted by Crippen LogP contribution is -1.98. The number of aromatic nitrogens is 2. The molecule has 0 saturated carbocycles. The molecule has 0 N–H and O–H groups in total. The Bertz CT molecular complexity index is 926. The molecule has 7 heteroatoms. The molecule has 2 aromatic carbocycles. The molecule has 0 unspecified atom stereocenters. The molecule has 0 spiro atoms. The monoisotopic (exact) mass is 351 g/mol. The van der Waals surface area contributed by atoms with Gasteiger partial charge in [0.05, 0.1) is 24.8 Å². The first-order chi connectivity index (χ1) is 12.6. The maximum atomic E-state index is 11.2. The average molecular weight is 351 g/mol. The van der Waals surface area contributed by atoms with E-state index in [1.807, 2.05) is 30.3 Å². The number of ether oxygens (including phenoxy) is 2. The summed E-state index contributed by atoms with van der Waals surface area (Å²) in [5.41, 5.74) is 3.20. The summed E-state index contributed by atoms with van der Waals surface area (Å²) in [6, 6.07) is 14.3. The Labute approximate surface area is 150 Å². The second-order valence-corrected chi connectivity index (χ2v) is 5.56. The fraction of sp³-hybridized carbons (Fsp3) is 0.158. The van der Waals surface area contributed by atoms with E-state index in [0.717, 1.165) is 28.3 Å². The van der Waals surface area contributed by atoms with Gasteiger partial charge in [-0.15, -0.1) is 0 Å². The largest absolute Gasteiger partial charge is 0.497 e. The van der Waals surface area contributed by atoms with Crippen LogP contribution >= 0.6 is 0 Å². The van der Waals surface area contributed by atoms with Crippen LogP contribution in [0.5, 0.6) is 11.5 Å². The summed E-state index contributed by atoms with van der Waals surface area (Å²) in [5, 5.41) is 11.2. The Kier molecular flexibility index (Phi) is 5.07. The van der Waals surface area contributed by atoms with Gasteiger partial charge >= 0.3 is 5.69 Å². The van der Waals surface area contributed by atoms with Crippen LogP contribution in [0.15, 0.2) is 54.9 Å². The Morgan fingerprint density at radius 2 is 1.77 bits per heavy atom. The summed E-state index contributed by atoms with van der Waals surface area (Å²) < 4.78 is 10.2. The molecule has 1 aromatic heterocycles. The van der Waals surface area contributed by atoms with Crippen molar-refractivity contribution in [2.24, 2.45) is 0 Å². The van der Waals surface area contributed by atoms with Crippen molar-refractivity contribution >= 4 is 5.69 Å². The zero-order chi connectivity index (χ0) is 18.5. The van der Waals surface area contributed by atoms with Crippen molar-refractivity contribution in [2.45, 2.75) is 6.42 Å². The Morgan fingerprint density at radius 1 is 1.00 bits per heavy atom. The van der Waals surface area contributed by atoms with Gasteiger partial charge in [-0.1, -0.05) is 6.07 Å². The second kappa shape index (κ2) is 7.60. The number of nitro benzene ring substituents is 1. The molecule has 0 radical (unpaired) electrons. The molecule has 0 bridgehead atoms. The van der Waals surface area contributed by atoms with E-state index in [-0.39, 0.29) is 11.4 Å². The van der Waals surface area contributed by atoms with Crippen molar-refractivity contribution in [3.05, 3.63) is 76.2 Å². The average Bonchev–Trinajstić information content (AvgIpc) is 2.68. The van der Waals surface area contributed by atoms with Crippen LogP contribution in [-0.4, -0.2) is 29.1 Å². The van der Waals surface area contributed by atoms with Crippen LogP contribution in [-0.2, 0) is 6.42 Å². The molecule has 132 valence electrons. The van der Waals surface area contributed by atoms with Crippen LogP contribution in [0.2, 0.25) is 0 Å². The van der Waals surface area contributed by atoms with Crippen molar-refractivity contribution in [1.29, 1.82) is 0 Å². The molecule has 1 heterocycles. The first kappa shape index (κ1) is 17.3. The normalized spacial score (nSPS) is 10.4. The van der Waals surface area contributed by atoms with Crippen molar-refractivity contribution < 1.29 is 14.4 Å². The van der Waals surface area contributed by atoms with Gasteiger partial charge in [-0.25, -0.2) is 9.97 Å². The number of benzene rings is 2. The minimum Gasteiger partial charge on any atom is -0.497 e. The highest BCUT2D eigenvalue weighted by atomic mass is 16.6. The van der Waals surface area contributed by atoms with E-state index in [1.165, 1.54) is 19.5 Å². The van der Waals surface area contributed by atoms with E-state index < -0.39 is 4.92 Å². The third-order valence-electron chi connectivity index (χ3n) is 3.93. The lowest BCUT2D eigenvalue weighted by atomic mass is 10.1. The Balaban J connectivity index is 1.87. The second-order valence-electron chi connectivity index (χ2n) is 5.56. The molecule has 0 aliphatic carbocycles. The minimum atomic E-state index is -0.453. The predicted molar refractivity (Wildman–Crippen MR) is 96.5 cm³/mol. The summed E-state index contributed by atoms with van der Waals surface area (Å²) in [4.78, 5) is 19.3. The van der Waals surface area contributed by atoms with E-state index in [2.05, 4.69) is 9.97 Å². The molecule has 3 rings (SSSR count). The molecule has 3 aromatic rings. The van der Waals surface area contributed by atoms with Crippen molar-refractivity contribution in [3.8, 4) is 22.8 Å². The number of nitro groups is 1. The van der Waals surface area contributed by atoms with Gasteiger partial charge in [0.15, 0.2) is 5.75 Å². The lowest BCUT2D eigenvalue weighted by Gasteiger charge is -2.07. The lowest BCUT2D eigenvalue weighted by molar-refractivity contribution is -0.385. The Morgan fingerprint density at radius 3 is 2.42 bits per heavy atom. The summed E-state index contributed by atoms with van der Waals surface area (Å²) in [7, 11) is 3.03. The van der Waals surface area contributed by atoms with E-state index in [9.17, 15) is 10.1 Å². The smallest absolute Gasteiger partial charge is 0.311 e. The molecule has 0 aliphatic rings. The standard InChI is InChI=1S/C19H17N3O4/c1-25-16-6-4-14(5-7-16)17-11-15(20-12-21-17)9-13-3-8-19(26-2)18(10-13)22(23)24/h3-8,10-12H,9H2,1-2H3. The molecule has 7 nitrogen and oxygen atoms in total. The van der Waals surface area contributed by atoms with Gasteiger partial charge in [-0.05, 0) is 42.0 Å². The molecule has 0 saturated heterocycles. The number of nitrogens with zero attached hydrogens (tertiary/aromatic N) is 3. The number of hydrogen-bond donors (Lipinski definition) is 0. The van der Waals surface area contributed by atoms with Crippen LogP contribution in [0.4, 0.5) is 5.69 Å². The van der Waals surface area contributed by atoms with Crippen LogP contribution < -0.4 is 9.47 Å². The topological polar surface area (TPSA) is 87.4 Å². The summed E-state index contributed by atoms with van der Waals surface area (Å²) in [6.07, 6.45) is 1.95. The van der Waals surface area contributed by atoms with E-state index in [4.69, 9.17) is 9.47 Å². The first-order valence-corrected chi connectivity index (χ1v) is 7.87. The molecule has 0 amide bonds. The molecule has 26 heavy (non-hydrogen) atoms. The molecular formula is C19H17N3O4. The highest BCUT2D eigenvalue weighted by Crippen LogP contribution is 2.28. The first-order valence-electron chi connectivity index (χ1n) is 7.87. The third kappa shape index (κ3) is 3.77. The minimum absolute atomic E-state index is 0.0607. The zero-order valence-electron chi connectivity index (χ0n) is 14.4. The highest BCUT2D eigenvalue weighted by molar-refractivity contribution is 5.60. The number of hydrogen-bond acceptors (Lipinski definition) is 6. The zero-order valence-corrected chi connectivity index (χ0v) is 14.4. The van der Waals surface area contributed by atoms with Crippen LogP contribution in [0.1, 0.15) is 11.3 Å². The van der Waals surface area contributed by atoms with Crippen molar-refractivity contribution in [1.82, 2.24) is 9.97 Å². The molecule has 0 fully saturated rings. The van der Waals surface area contributed by atoms with Crippen LogP contribution in [0.3, 0.4) is 0 Å². The van der Waals surface area contributed by atoms with Gasteiger partial charge in [0.2, 0.25) is 0 Å². The number of rotatable bonds is 6. The van der Waals surface area contributed by atoms with Gasteiger partial charge < -0.3 is 9.47 Å². The predicted octanol–water partition coefficient (Wildman–Crippen LogP) is 3.66. The third-order valence-corrected chi connectivity index (χ3v) is 3.93. The summed E-state index contributed by atoms with van der Waals surface area (Å²) in [6.45, 7) is 0. The summed E-state index contributed by atoms with van der Waals surface area (Å²) in [5.74, 6) is 1.01. The van der Waals surface area contributed by atoms with Gasteiger partial charge in [0.25, 0.3) is 0 Å².